The van der Waals surface area contributed by atoms with E-state index < -0.39 is 0 Å². The lowest BCUT2D eigenvalue weighted by Crippen LogP contribution is -2.12. The molecule has 0 saturated heterocycles. The Balaban J connectivity index is 1.94. The Labute approximate surface area is 156 Å². The van der Waals surface area contributed by atoms with Gasteiger partial charge in [-0.25, -0.2) is 9.97 Å². The van der Waals surface area contributed by atoms with Crippen molar-refractivity contribution in [3.8, 4) is 0 Å². The molecule has 4 heteroatoms. The summed E-state index contributed by atoms with van der Waals surface area (Å²) in [4.78, 5) is 9.88. The highest BCUT2D eigenvalue weighted by molar-refractivity contribution is 9.10. The van der Waals surface area contributed by atoms with Crippen molar-refractivity contribution in [1.82, 2.24) is 14.5 Å². The van der Waals surface area contributed by atoms with Crippen LogP contribution in [0.3, 0.4) is 0 Å². The smallest absolute Gasteiger partial charge is 0.161 e. The molecule has 1 atom stereocenters. The molecule has 0 radical (unpaired) electrons. The zero-order valence-corrected chi connectivity index (χ0v) is 16.3. The Kier molecular flexibility index (Phi) is 4.24. The molecule has 4 rings (SSSR count). The molecule has 3 nitrogen and oxygen atoms in total. The molecule has 0 N–H and O–H groups in total. The molecule has 0 saturated carbocycles. The van der Waals surface area contributed by atoms with Crippen LogP contribution in [0.25, 0.3) is 11.2 Å². The average molecular weight is 396 g/mol. The van der Waals surface area contributed by atoms with Crippen LogP contribution in [0.4, 0.5) is 0 Å². The fraction of sp³-hybridized carbons (Fsp3) is 0.333. The summed E-state index contributed by atoms with van der Waals surface area (Å²) < 4.78 is 3.54. The summed E-state index contributed by atoms with van der Waals surface area (Å²) in [7, 11) is 0. The zero-order valence-electron chi connectivity index (χ0n) is 14.7. The number of fused-ring (bicyclic) bond motifs is 2. The van der Waals surface area contributed by atoms with Crippen LogP contribution >= 0.6 is 15.9 Å². The van der Waals surface area contributed by atoms with Crippen molar-refractivity contribution < 1.29 is 0 Å². The van der Waals surface area contributed by atoms with Gasteiger partial charge in [-0.15, -0.1) is 6.58 Å². The van der Waals surface area contributed by atoms with Gasteiger partial charge in [-0.1, -0.05) is 35.0 Å². The second-order valence-electron chi connectivity index (χ2n) is 6.74. The molecule has 0 fully saturated rings. The number of pyridine rings is 1. The fourth-order valence-electron chi connectivity index (χ4n) is 3.99. The number of benzene rings is 1. The number of aromatic nitrogens is 3. The number of nitrogens with zero attached hydrogens (tertiary/aromatic N) is 3. The van der Waals surface area contributed by atoms with E-state index >= 15 is 0 Å². The van der Waals surface area contributed by atoms with Crippen LogP contribution in [0.5, 0.6) is 0 Å². The van der Waals surface area contributed by atoms with Crippen LogP contribution in [-0.4, -0.2) is 14.5 Å². The van der Waals surface area contributed by atoms with Crippen LogP contribution in [0.1, 0.15) is 47.6 Å². The Morgan fingerprint density at radius 3 is 2.92 bits per heavy atom. The van der Waals surface area contributed by atoms with Crippen molar-refractivity contribution in [3.05, 3.63) is 69.6 Å². The third-order valence-corrected chi connectivity index (χ3v) is 5.59. The number of hydrogen-bond donors (Lipinski definition) is 0. The quantitative estimate of drug-likeness (QED) is 0.558. The summed E-state index contributed by atoms with van der Waals surface area (Å²) >= 11 is 3.60. The first-order chi connectivity index (χ1) is 12.1. The first kappa shape index (κ1) is 16.5. The Morgan fingerprint density at radius 1 is 1.32 bits per heavy atom. The predicted molar refractivity (Wildman–Crippen MR) is 106 cm³/mol. The minimum absolute atomic E-state index is 0.328. The zero-order chi connectivity index (χ0) is 17.6. The summed E-state index contributed by atoms with van der Waals surface area (Å²) in [6.45, 7) is 8.17. The molecule has 2 aromatic heterocycles. The van der Waals surface area contributed by atoms with Crippen LogP contribution in [0.2, 0.25) is 0 Å². The number of hydrogen-bond acceptors (Lipinski definition) is 2. The molecule has 1 aromatic carbocycles. The predicted octanol–water partition coefficient (Wildman–Crippen LogP) is 5.33. The summed E-state index contributed by atoms with van der Waals surface area (Å²) in [5, 5.41) is 0. The number of aryl methyl sites for hydroxylation is 3. The molecule has 1 aliphatic rings. The molecule has 25 heavy (non-hydrogen) atoms. The molecule has 0 unspecified atom stereocenters. The van der Waals surface area contributed by atoms with Gasteiger partial charge in [-0.05, 0) is 54.7 Å². The Morgan fingerprint density at radius 2 is 2.16 bits per heavy atom. The lowest BCUT2D eigenvalue weighted by molar-refractivity contribution is 0.566. The Bertz CT molecular complexity index is 971. The minimum Gasteiger partial charge on any atom is -0.305 e. The molecule has 0 amide bonds. The van der Waals surface area contributed by atoms with Crippen molar-refractivity contribution in [2.24, 2.45) is 0 Å². The molecule has 0 aliphatic heterocycles. The summed E-state index contributed by atoms with van der Waals surface area (Å²) in [5.41, 5.74) is 7.17. The minimum atomic E-state index is 0.328. The van der Waals surface area contributed by atoms with Crippen molar-refractivity contribution in [3.63, 3.8) is 0 Å². The van der Waals surface area contributed by atoms with Crippen LogP contribution in [0.15, 0.2) is 41.4 Å². The monoisotopic (exact) mass is 395 g/mol. The molecule has 128 valence electrons. The SMILES string of the molecule is C=CCc1cc(C)c2nc(CC)n([C@H]3CCc4cc(Br)ccc43)c2n1. The van der Waals surface area contributed by atoms with Gasteiger partial charge in [-0.2, -0.15) is 0 Å². The van der Waals surface area contributed by atoms with Crippen molar-refractivity contribution in [1.29, 1.82) is 0 Å². The van der Waals surface area contributed by atoms with Crippen molar-refractivity contribution in [2.75, 3.05) is 0 Å². The maximum absolute atomic E-state index is 4.95. The highest BCUT2D eigenvalue weighted by Gasteiger charge is 2.28. The van der Waals surface area contributed by atoms with Crippen LogP contribution < -0.4 is 0 Å². The van der Waals surface area contributed by atoms with E-state index in [4.69, 9.17) is 9.97 Å². The van der Waals surface area contributed by atoms with E-state index in [1.807, 2.05) is 6.08 Å². The number of allylic oxidation sites excluding steroid dienone is 1. The molecular weight excluding hydrogens is 374 g/mol. The van der Waals surface area contributed by atoms with Crippen LogP contribution in [0, 0.1) is 6.92 Å². The van der Waals surface area contributed by atoms with Crippen molar-refractivity contribution in [2.45, 2.75) is 45.6 Å². The van der Waals surface area contributed by atoms with E-state index in [-0.39, 0.29) is 0 Å². The topological polar surface area (TPSA) is 30.7 Å². The van der Waals surface area contributed by atoms with E-state index in [2.05, 4.69) is 65.2 Å². The second-order valence-corrected chi connectivity index (χ2v) is 7.66. The highest BCUT2D eigenvalue weighted by Crippen LogP contribution is 2.38. The molecule has 1 aliphatic carbocycles. The van der Waals surface area contributed by atoms with Gasteiger partial charge < -0.3 is 4.57 Å². The van der Waals surface area contributed by atoms with Gasteiger partial charge in [0.05, 0.1) is 6.04 Å². The van der Waals surface area contributed by atoms with E-state index in [1.54, 1.807) is 0 Å². The molecule has 2 heterocycles. The third kappa shape index (κ3) is 2.73. The first-order valence-corrected chi connectivity index (χ1v) is 9.68. The van der Waals surface area contributed by atoms with Gasteiger partial charge >= 0.3 is 0 Å². The Hall–Kier alpha value is -1.94. The van der Waals surface area contributed by atoms with Gasteiger partial charge in [0.2, 0.25) is 0 Å². The van der Waals surface area contributed by atoms with E-state index in [0.29, 0.717) is 6.04 Å². The summed E-state index contributed by atoms with van der Waals surface area (Å²) in [6, 6.07) is 9.11. The fourth-order valence-corrected chi connectivity index (χ4v) is 4.40. The highest BCUT2D eigenvalue weighted by atomic mass is 79.9. The molecule has 3 aromatic rings. The third-order valence-electron chi connectivity index (χ3n) is 5.10. The van der Waals surface area contributed by atoms with Crippen LogP contribution in [-0.2, 0) is 19.3 Å². The van der Waals surface area contributed by atoms with Crippen molar-refractivity contribution >= 4 is 27.1 Å². The molecular formula is C21H22BrN3. The van der Waals surface area contributed by atoms with E-state index in [0.717, 1.165) is 52.8 Å². The summed E-state index contributed by atoms with van der Waals surface area (Å²) in [5.74, 6) is 1.13. The van der Waals surface area contributed by atoms with E-state index in [1.165, 1.54) is 16.7 Å². The first-order valence-electron chi connectivity index (χ1n) is 8.89. The number of halogens is 1. The second kappa shape index (κ2) is 6.41. The van der Waals surface area contributed by atoms with Gasteiger partial charge in [0.15, 0.2) is 5.65 Å². The number of imidazole rings is 1. The molecule has 0 spiro atoms. The van der Waals surface area contributed by atoms with Gasteiger partial charge in [-0.3, -0.25) is 0 Å². The van der Waals surface area contributed by atoms with Gasteiger partial charge in [0.25, 0.3) is 0 Å². The maximum Gasteiger partial charge on any atom is 0.161 e. The molecule has 0 bridgehead atoms. The van der Waals surface area contributed by atoms with E-state index in [9.17, 15) is 0 Å². The van der Waals surface area contributed by atoms with Gasteiger partial charge in [0.1, 0.15) is 11.3 Å². The number of rotatable bonds is 4. The lowest BCUT2D eigenvalue weighted by Gasteiger charge is -2.17. The normalized spacial score (nSPS) is 16.4. The summed E-state index contributed by atoms with van der Waals surface area (Å²) in [6.07, 6.45) is 5.83. The largest absolute Gasteiger partial charge is 0.305 e. The van der Waals surface area contributed by atoms with Gasteiger partial charge in [0, 0.05) is 23.0 Å². The standard InChI is InChI=1S/C21H22BrN3/c1-4-6-16-11-13(3)20-21(23-16)25(19(5-2)24-20)18-10-7-14-12-15(22)8-9-17(14)18/h4,8-9,11-12,18H,1,5-7,10H2,2-3H3/t18-/m0/s1. The lowest BCUT2D eigenvalue weighted by atomic mass is 10.1. The maximum atomic E-state index is 4.95. The average Bonchev–Trinajstić information content (AvgIpc) is 3.15.